The van der Waals surface area contributed by atoms with Crippen molar-refractivity contribution in [3.63, 3.8) is 0 Å². The molecule has 6 heteroatoms. The first-order valence-corrected chi connectivity index (χ1v) is 7.96. The molecule has 5 nitrogen and oxygen atoms in total. The van der Waals surface area contributed by atoms with E-state index >= 15 is 0 Å². The van der Waals surface area contributed by atoms with E-state index in [0.717, 1.165) is 22.9 Å². The number of benzene rings is 1. The summed E-state index contributed by atoms with van der Waals surface area (Å²) in [4.78, 5) is 28.0. The van der Waals surface area contributed by atoms with Crippen LogP contribution in [0.2, 0.25) is 0 Å². The summed E-state index contributed by atoms with van der Waals surface area (Å²) in [5, 5.41) is 9.65. The Morgan fingerprint density at radius 3 is 2.81 bits per heavy atom. The lowest BCUT2D eigenvalue weighted by Crippen LogP contribution is -2.37. The minimum absolute atomic E-state index is 0.158. The summed E-state index contributed by atoms with van der Waals surface area (Å²) >= 11 is 3.54. The summed E-state index contributed by atoms with van der Waals surface area (Å²) < 4.78 is 1.04. The minimum Gasteiger partial charge on any atom is -0.391 e. The third kappa shape index (κ3) is 1.78. The van der Waals surface area contributed by atoms with Gasteiger partial charge in [-0.2, -0.15) is 0 Å². The largest absolute Gasteiger partial charge is 0.391 e. The molecule has 1 aromatic carbocycles. The molecule has 2 aliphatic heterocycles. The molecule has 110 valence electrons. The van der Waals surface area contributed by atoms with E-state index in [2.05, 4.69) is 15.9 Å². The van der Waals surface area contributed by atoms with Crippen LogP contribution in [0.1, 0.15) is 30.0 Å². The van der Waals surface area contributed by atoms with Gasteiger partial charge in [0.15, 0.2) is 0 Å². The highest BCUT2D eigenvalue weighted by atomic mass is 79.9. The van der Waals surface area contributed by atoms with Crippen molar-refractivity contribution in [2.45, 2.75) is 37.5 Å². The van der Waals surface area contributed by atoms with E-state index in [1.807, 2.05) is 18.2 Å². The van der Waals surface area contributed by atoms with Gasteiger partial charge < -0.3 is 10.0 Å². The van der Waals surface area contributed by atoms with E-state index < -0.39 is 12.1 Å². The number of hydrogen-bond acceptors (Lipinski definition) is 3. The van der Waals surface area contributed by atoms with Gasteiger partial charge in [0.1, 0.15) is 6.04 Å². The maximum atomic E-state index is 12.6. The molecule has 0 aromatic heterocycles. The zero-order valence-electron chi connectivity index (χ0n) is 11.3. The van der Waals surface area contributed by atoms with Crippen LogP contribution >= 0.6 is 15.9 Å². The van der Waals surface area contributed by atoms with E-state index in [0.29, 0.717) is 6.42 Å². The Morgan fingerprint density at radius 1 is 1.24 bits per heavy atom. The highest BCUT2D eigenvalue weighted by Gasteiger charge is 2.53. The monoisotopic (exact) mass is 350 g/mol. The number of carbonyl (C=O) groups excluding carboxylic acids is 2. The predicted octanol–water partition coefficient (Wildman–Crippen LogP) is 1.83. The number of urea groups is 1. The second kappa shape index (κ2) is 4.55. The zero-order chi connectivity index (χ0) is 14.7. The third-order valence-corrected chi connectivity index (χ3v) is 5.49. The van der Waals surface area contributed by atoms with Crippen molar-refractivity contribution in [3.05, 3.63) is 33.8 Å². The molecule has 0 saturated carbocycles. The van der Waals surface area contributed by atoms with E-state index in [9.17, 15) is 14.7 Å². The highest BCUT2D eigenvalue weighted by Crippen LogP contribution is 2.42. The summed E-state index contributed by atoms with van der Waals surface area (Å²) in [5.74, 6) is -0.158. The fourth-order valence-electron chi connectivity index (χ4n) is 3.80. The maximum absolute atomic E-state index is 12.6. The van der Waals surface area contributed by atoms with Gasteiger partial charge in [-0.05, 0) is 30.0 Å². The van der Waals surface area contributed by atoms with E-state index in [4.69, 9.17) is 0 Å². The summed E-state index contributed by atoms with van der Waals surface area (Å²) in [6.07, 6.45) is 1.43. The lowest BCUT2D eigenvalue weighted by molar-refractivity contribution is -0.129. The van der Waals surface area contributed by atoms with Crippen LogP contribution in [0.15, 0.2) is 22.7 Å². The van der Waals surface area contributed by atoms with Crippen LogP contribution in [0.3, 0.4) is 0 Å². The molecule has 3 aliphatic rings. The Kier molecular flexibility index (Phi) is 2.87. The van der Waals surface area contributed by atoms with Gasteiger partial charge in [-0.25, -0.2) is 4.79 Å². The molecule has 2 saturated heterocycles. The number of carbonyl (C=O) groups is 2. The standard InChI is InChI=1S/C15H15BrN2O3/c16-11-3-1-2-10-9(11)4-5-12(10)18-14(20)13-6-8(19)7-17(13)15(18)21/h1-3,8,12-13,19H,4-7H2/t8-,12-,13+/m1/s1. The number of imide groups is 1. The van der Waals surface area contributed by atoms with Gasteiger partial charge in [-0.3, -0.25) is 9.69 Å². The van der Waals surface area contributed by atoms with Gasteiger partial charge in [-0.1, -0.05) is 28.1 Å². The molecule has 0 unspecified atom stereocenters. The van der Waals surface area contributed by atoms with Crippen molar-refractivity contribution in [1.29, 1.82) is 0 Å². The number of hydrogen-bond donors (Lipinski definition) is 1. The van der Waals surface area contributed by atoms with Gasteiger partial charge >= 0.3 is 6.03 Å². The molecular formula is C15H15BrN2O3. The molecule has 0 bridgehead atoms. The Morgan fingerprint density at radius 2 is 2.05 bits per heavy atom. The fraction of sp³-hybridized carbons (Fsp3) is 0.467. The third-order valence-electron chi connectivity index (χ3n) is 4.75. The molecule has 1 aromatic rings. The van der Waals surface area contributed by atoms with E-state index in [-0.39, 0.29) is 24.5 Å². The normalized spacial score (nSPS) is 31.0. The van der Waals surface area contributed by atoms with Gasteiger partial charge in [0.2, 0.25) is 0 Å². The molecule has 0 radical (unpaired) electrons. The zero-order valence-corrected chi connectivity index (χ0v) is 12.9. The van der Waals surface area contributed by atoms with Crippen LogP contribution in [0.5, 0.6) is 0 Å². The average Bonchev–Trinajstić information content (AvgIpc) is 3.08. The van der Waals surface area contributed by atoms with Gasteiger partial charge in [-0.15, -0.1) is 0 Å². The lowest BCUT2D eigenvalue weighted by atomic mass is 10.1. The van der Waals surface area contributed by atoms with E-state index in [1.165, 1.54) is 15.4 Å². The van der Waals surface area contributed by atoms with Crippen molar-refractivity contribution in [2.75, 3.05) is 6.54 Å². The molecule has 21 heavy (non-hydrogen) atoms. The smallest absolute Gasteiger partial charge is 0.328 e. The Bertz CT molecular complexity index is 624. The van der Waals surface area contributed by atoms with Crippen LogP contribution in [0.25, 0.3) is 0 Å². The Hall–Kier alpha value is -1.40. The molecule has 1 N–H and O–H groups in total. The number of aliphatic hydroxyl groups is 1. The predicted molar refractivity (Wildman–Crippen MR) is 78.6 cm³/mol. The second-order valence-electron chi connectivity index (χ2n) is 5.91. The lowest BCUT2D eigenvalue weighted by Gasteiger charge is -2.24. The topological polar surface area (TPSA) is 60.9 Å². The van der Waals surface area contributed by atoms with Crippen molar-refractivity contribution in [1.82, 2.24) is 9.80 Å². The average molecular weight is 351 g/mol. The minimum atomic E-state index is -0.574. The number of amides is 3. The Labute approximate surface area is 130 Å². The summed E-state index contributed by atoms with van der Waals surface area (Å²) in [6, 6.07) is 5.04. The quantitative estimate of drug-likeness (QED) is 0.786. The van der Waals surface area contributed by atoms with Gasteiger partial charge in [0.05, 0.1) is 12.1 Å². The summed E-state index contributed by atoms with van der Waals surface area (Å²) in [6.45, 7) is 0.268. The van der Waals surface area contributed by atoms with Crippen molar-refractivity contribution < 1.29 is 14.7 Å². The number of rotatable bonds is 1. The first kappa shape index (κ1) is 13.3. The van der Waals surface area contributed by atoms with Crippen LogP contribution < -0.4 is 0 Å². The number of nitrogens with zero attached hydrogens (tertiary/aromatic N) is 2. The van der Waals surface area contributed by atoms with Gasteiger partial charge in [0, 0.05) is 17.4 Å². The summed E-state index contributed by atoms with van der Waals surface area (Å²) in [7, 11) is 0. The van der Waals surface area contributed by atoms with Gasteiger partial charge in [0.25, 0.3) is 5.91 Å². The van der Waals surface area contributed by atoms with Crippen LogP contribution in [0, 0.1) is 0 Å². The first-order valence-electron chi connectivity index (χ1n) is 7.17. The molecule has 3 atom stereocenters. The van der Waals surface area contributed by atoms with Crippen molar-refractivity contribution in [3.8, 4) is 0 Å². The Balaban J connectivity index is 1.69. The highest BCUT2D eigenvalue weighted by molar-refractivity contribution is 9.10. The molecule has 2 heterocycles. The molecular weight excluding hydrogens is 336 g/mol. The molecule has 4 rings (SSSR count). The fourth-order valence-corrected chi connectivity index (χ4v) is 4.38. The molecule has 2 fully saturated rings. The molecule has 3 amide bonds. The van der Waals surface area contributed by atoms with E-state index in [1.54, 1.807) is 0 Å². The SMILES string of the molecule is O=C1[C@@H]2C[C@@H](O)CN2C(=O)N1[C@@H]1CCc2c(Br)cccc21. The molecule has 1 aliphatic carbocycles. The number of halogens is 1. The van der Waals surface area contributed by atoms with Crippen molar-refractivity contribution in [2.24, 2.45) is 0 Å². The van der Waals surface area contributed by atoms with Crippen molar-refractivity contribution >= 4 is 27.9 Å². The second-order valence-corrected chi connectivity index (χ2v) is 6.76. The molecule has 0 spiro atoms. The first-order chi connectivity index (χ1) is 10.1. The van der Waals surface area contributed by atoms with Crippen LogP contribution in [-0.2, 0) is 11.2 Å². The maximum Gasteiger partial charge on any atom is 0.328 e. The summed E-state index contributed by atoms with van der Waals surface area (Å²) in [5.41, 5.74) is 2.25. The number of aliphatic hydroxyl groups excluding tert-OH is 1. The number of fused-ring (bicyclic) bond motifs is 2. The van der Waals surface area contributed by atoms with Crippen LogP contribution in [-0.4, -0.2) is 45.5 Å². The van der Waals surface area contributed by atoms with Crippen LogP contribution in [0.4, 0.5) is 4.79 Å².